The lowest BCUT2D eigenvalue weighted by atomic mass is 10.1. The number of aryl methyl sites for hydroxylation is 2. The van der Waals surface area contributed by atoms with E-state index in [-0.39, 0.29) is 12.5 Å². The quantitative estimate of drug-likeness (QED) is 0.440. The number of amides is 1. The molecule has 0 heterocycles. The minimum atomic E-state index is -3.51. The number of anilines is 1. The van der Waals surface area contributed by atoms with Crippen LogP contribution in [-0.4, -0.2) is 40.8 Å². The maximum Gasteiger partial charge on any atom is 0.251 e. The van der Waals surface area contributed by atoms with Crippen molar-refractivity contribution in [3.8, 4) is 11.5 Å². The first-order valence-electron chi connectivity index (χ1n) is 10.9. The van der Waals surface area contributed by atoms with Crippen molar-refractivity contribution in [2.24, 2.45) is 0 Å². The van der Waals surface area contributed by atoms with E-state index < -0.39 is 10.0 Å². The molecule has 0 saturated heterocycles. The van der Waals surface area contributed by atoms with Gasteiger partial charge in [-0.25, -0.2) is 8.42 Å². The molecule has 0 unspecified atom stereocenters. The summed E-state index contributed by atoms with van der Waals surface area (Å²) in [4.78, 5) is 12.5. The Morgan fingerprint density at radius 1 is 0.971 bits per heavy atom. The molecule has 0 aromatic heterocycles. The Kier molecular flexibility index (Phi) is 8.17. The van der Waals surface area contributed by atoms with Crippen molar-refractivity contribution in [1.29, 1.82) is 0 Å². The normalized spacial score (nSPS) is 11.1. The van der Waals surface area contributed by atoms with Gasteiger partial charge in [-0.15, -0.1) is 0 Å². The molecule has 0 radical (unpaired) electrons. The molecule has 0 saturated carbocycles. The van der Waals surface area contributed by atoms with Crippen LogP contribution in [0.2, 0.25) is 0 Å². The summed E-state index contributed by atoms with van der Waals surface area (Å²) in [6, 6.07) is 19.7. The van der Waals surface area contributed by atoms with E-state index in [4.69, 9.17) is 9.47 Å². The van der Waals surface area contributed by atoms with E-state index in [1.54, 1.807) is 55.6 Å². The van der Waals surface area contributed by atoms with Crippen LogP contribution in [0.1, 0.15) is 27.0 Å². The summed E-state index contributed by atoms with van der Waals surface area (Å²) in [6.45, 7) is 4.89. The number of methoxy groups -OCH3 is 1. The lowest BCUT2D eigenvalue weighted by molar-refractivity contribution is 0.0947. The molecule has 0 bridgehead atoms. The largest absolute Gasteiger partial charge is 0.497 e. The fraction of sp³-hybridized carbons (Fsp3) is 0.269. The zero-order valence-corrected chi connectivity index (χ0v) is 20.7. The Labute approximate surface area is 201 Å². The second kappa shape index (κ2) is 11.1. The summed E-state index contributed by atoms with van der Waals surface area (Å²) in [7, 11) is -1.95. The summed E-state index contributed by atoms with van der Waals surface area (Å²) >= 11 is 0. The number of nitrogens with one attached hydrogen (secondary N) is 1. The molecule has 3 rings (SSSR count). The van der Waals surface area contributed by atoms with Crippen LogP contribution in [0.25, 0.3) is 0 Å². The van der Waals surface area contributed by atoms with Gasteiger partial charge in [0.25, 0.3) is 5.91 Å². The molecule has 7 nitrogen and oxygen atoms in total. The second-order valence-corrected chi connectivity index (χ2v) is 9.94. The number of benzene rings is 3. The van der Waals surface area contributed by atoms with E-state index in [1.165, 1.54) is 16.1 Å². The van der Waals surface area contributed by atoms with Gasteiger partial charge in [0.2, 0.25) is 10.0 Å². The molecule has 3 aromatic rings. The predicted molar refractivity (Wildman–Crippen MR) is 134 cm³/mol. The van der Waals surface area contributed by atoms with Crippen molar-refractivity contribution in [2.45, 2.75) is 20.4 Å². The maximum atomic E-state index is 12.5. The Morgan fingerprint density at radius 3 is 2.24 bits per heavy atom. The van der Waals surface area contributed by atoms with Crippen LogP contribution in [0.3, 0.4) is 0 Å². The van der Waals surface area contributed by atoms with Crippen LogP contribution in [-0.2, 0) is 16.6 Å². The van der Waals surface area contributed by atoms with Crippen LogP contribution in [0, 0.1) is 13.8 Å². The van der Waals surface area contributed by atoms with Gasteiger partial charge in [0.05, 0.1) is 32.1 Å². The molecule has 0 aliphatic rings. The van der Waals surface area contributed by atoms with Crippen LogP contribution in [0.4, 0.5) is 5.69 Å². The van der Waals surface area contributed by atoms with Crippen LogP contribution in [0.5, 0.6) is 11.5 Å². The summed E-state index contributed by atoms with van der Waals surface area (Å²) in [5, 5.41) is 2.84. The van der Waals surface area contributed by atoms with Gasteiger partial charge in [-0.2, -0.15) is 0 Å². The summed E-state index contributed by atoms with van der Waals surface area (Å²) in [5.74, 6) is 1.23. The lowest BCUT2D eigenvalue weighted by Gasteiger charge is -2.23. The number of hydrogen-bond donors (Lipinski definition) is 1. The van der Waals surface area contributed by atoms with E-state index in [9.17, 15) is 13.2 Å². The molecule has 0 fully saturated rings. The SMILES string of the molecule is COc1ccc(N(Cc2ccc(C(=O)NCCOc3ccc(C)cc3C)cc2)S(C)(=O)=O)cc1. The van der Waals surface area contributed by atoms with Crippen molar-refractivity contribution in [3.63, 3.8) is 0 Å². The third kappa shape index (κ3) is 6.74. The maximum absolute atomic E-state index is 12.5. The van der Waals surface area contributed by atoms with Gasteiger partial charge < -0.3 is 14.8 Å². The molecule has 34 heavy (non-hydrogen) atoms. The van der Waals surface area contributed by atoms with E-state index in [0.717, 1.165) is 16.9 Å². The second-order valence-electron chi connectivity index (χ2n) is 8.04. The summed E-state index contributed by atoms with van der Waals surface area (Å²) in [5.41, 5.74) is 4.01. The van der Waals surface area contributed by atoms with E-state index in [2.05, 4.69) is 11.4 Å². The van der Waals surface area contributed by atoms with Crippen molar-refractivity contribution in [1.82, 2.24) is 5.32 Å². The van der Waals surface area contributed by atoms with Gasteiger partial charge in [0.15, 0.2) is 0 Å². The minimum Gasteiger partial charge on any atom is -0.497 e. The number of carbonyl (C=O) groups excluding carboxylic acids is 1. The monoisotopic (exact) mass is 482 g/mol. The van der Waals surface area contributed by atoms with Gasteiger partial charge >= 0.3 is 0 Å². The van der Waals surface area contributed by atoms with Crippen LogP contribution >= 0.6 is 0 Å². The number of carbonyl (C=O) groups is 1. The molecule has 0 aliphatic heterocycles. The minimum absolute atomic E-state index is 0.150. The Bertz CT molecular complexity index is 1220. The molecule has 1 amide bonds. The molecule has 180 valence electrons. The topological polar surface area (TPSA) is 84.9 Å². The van der Waals surface area contributed by atoms with Gasteiger partial charge in [0, 0.05) is 5.56 Å². The lowest BCUT2D eigenvalue weighted by Crippen LogP contribution is -2.29. The van der Waals surface area contributed by atoms with E-state index in [1.807, 2.05) is 26.0 Å². The molecule has 3 aromatic carbocycles. The Hall–Kier alpha value is -3.52. The number of rotatable bonds is 10. The van der Waals surface area contributed by atoms with E-state index in [0.29, 0.717) is 30.2 Å². The van der Waals surface area contributed by atoms with Crippen LogP contribution in [0.15, 0.2) is 66.7 Å². The van der Waals surface area contributed by atoms with Gasteiger partial charge in [-0.05, 0) is 67.4 Å². The van der Waals surface area contributed by atoms with Crippen molar-refractivity contribution >= 4 is 21.6 Å². The summed E-state index contributed by atoms with van der Waals surface area (Å²) < 4.78 is 36.9. The average Bonchev–Trinajstić information content (AvgIpc) is 2.81. The highest BCUT2D eigenvalue weighted by molar-refractivity contribution is 7.92. The fourth-order valence-electron chi connectivity index (χ4n) is 3.46. The number of hydrogen-bond acceptors (Lipinski definition) is 5. The Balaban J connectivity index is 1.57. The standard InChI is InChI=1S/C26H30N2O5S/c1-19-5-14-25(20(2)17-19)33-16-15-27-26(29)22-8-6-21(7-9-22)18-28(34(4,30)31)23-10-12-24(32-3)13-11-23/h5-14,17H,15-16,18H2,1-4H3,(H,27,29). The molecule has 1 N–H and O–H groups in total. The molecule has 8 heteroatoms. The van der Waals surface area contributed by atoms with Gasteiger partial charge in [-0.3, -0.25) is 9.10 Å². The third-order valence-electron chi connectivity index (χ3n) is 5.28. The highest BCUT2D eigenvalue weighted by Crippen LogP contribution is 2.24. The molecular formula is C26H30N2O5S. The fourth-order valence-corrected chi connectivity index (χ4v) is 4.35. The van der Waals surface area contributed by atoms with Crippen molar-refractivity contribution in [3.05, 3.63) is 89.0 Å². The average molecular weight is 483 g/mol. The predicted octanol–water partition coefficient (Wildman–Crippen LogP) is 4.09. The number of ether oxygens (including phenoxy) is 2. The zero-order chi connectivity index (χ0) is 24.7. The van der Waals surface area contributed by atoms with Crippen molar-refractivity contribution in [2.75, 3.05) is 30.8 Å². The van der Waals surface area contributed by atoms with Gasteiger partial charge in [-0.1, -0.05) is 29.8 Å². The first-order valence-corrected chi connectivity index (χ1v) is 12.7. The zero-order valence-electron chi connectivity index (χ0n) is 19.9. The smallest absolute Gasteiger partial charge is 0.251 e. The highest BCUT2D eigenvalue weighted by Gasteiger charge is 2.18. The number of sulfonamides is 1. The first kappa shape index (κ1) is 25.1. The molecule has 0 aliphatic carbocycles. The number of nitrogens with zero attached hydrogens (tertiary/aromatic N) is 1. The van der Waals surface area contributed by atoms with Gasteiger partial charge in [0.1, 0.15) is 18.1 Å². The summed E-state index contributed by atoms with van der Waals surface area (Å²) in [6.07, 6.45) is 1.17. The third-order valence-corrected chi connectivity index (χ3v) is 6.42. The highest BCUT2D eigenvalue weighted by atomic mass is 32.2. The first-order chi connectivity index (χ1) is 16.2. The molecular weight excluding hydrogens is 452 g/mol. The Morgan fingerprint density at radius 2 is 1.65 bits per heavy atom. The van der Waals surface area contributed by atoms with E-state index >= 15 is 0 Å². The molecule has 0 spiro atoms. The van der Waals surface area contributed by atoms with Crippen LogP contribution < -0.4 is 19.1 Å². The van der Waals surface area contributed by atoms with Crippen molar-refractivity contribution < 1.29 is 22.7 Å². The molecule has 0 atom stereocenters.